The Hall–Kier alpha value is -2.20. The zero-order chi connectivity index (χ0) is 17.0. The molecule has 0 amide bonds. The van der Waals surface area contributed by atoms with Crippen LogP contribution in [-0.2, 0) is 9.59 Å². The fourth-order valence-corrected chi connectivity index (χ4v) is 5.50. The molecule has 1 aromatic carbocycles. The van der Waals surface area contributed by atoms with Crippen LogP contribution in [0.25, 0.3) is 10.1 Å². The summed E-state index contributed by atoms with van der Waals surface area (Å²) in [5.41, 5.74) is 4.95. The second-order valence-corrected chi connectivity index (χ2v) is 7.99. The molecule has 2 aliphatic carbocycles. The summed E-state index contributed by atoms with van der Waals surface area (Å²) in [6.45, 7) is 0. The molecule has 5 rings (SSSR count). The van der Waals surface area contributed by atoms with Crippen molar-refractivity contribution >= 4 is 33.0 Å². The molecule has 2 heterocycles. The number of nitrogens with one attached hydrogen (secondary N) is 1. The summed E-state index contributed by atoms with van der Waals surface area (Å²) in [5, 5.41) is 6.81. The second kappa shape index (κ2) is 5.67. The van der Waals surface area contributed by atoms with Crippen molar-refractivity contribution in [2.24, 2.45) is 0 Å². The number of carbonyl (C=O) groups is 2. The van der Waals surface area contributed by atoms with Crippen LogP contribution in [0.4, 0.5) is 0 Å². The van der Waals surface area contributed by atoms with Gasteiger partial charge in [0.2, 0.25) is 0 Å². The van der Waals surface area contributed by atoms with Crippen LogP contribution < -0.4 is 5.32 Å². The van der Waals surface area contributed by atoms with Crippen molar-refractivity contribution in [1.82, 2.24) is 5.32 Å². The summed E-state index contributed by atoms with van der Waals surface area (Å²) in [6, 6.07) is 8.30. The first-order valence-electron chi connectivity index (χ1n) is 8.99. The highest BCUT2D eigenvalue weighted by atomic mass is 32.1. The molecule has 0 fully saturated rings. The van der Waals surface area contributed by atoms with Crippen molar-refractivity contribution in [3.63, 3.8) is 0 Å². The monoisotopic (exact) mass is 349 g/mol. The van der Waals surface area contributed by atoms with E-state index < -0.39 is 0 Å². The smallest absolute Gasteiger partial charge is 0.161 e. The number of rotatable bonds is 1. The quantitative estimate of drug-likeness (QED) is 0.818. The number of thiophene rings is 1. The number of dihydropyridines is 1. The molecule has 1 aliphatic heterocycles. The lowest BCUT2D eigenvalue weighted by Gasteiger charge is -2.37. The van der Waals surface area contributed by atoms with Gasteiger partial charge in [-0.1, -0.05) is 18.2 Å². The molecule has 0 bridgehead atoms. The summed E-state index contributed by atoms with van der Waals surface area (Å²) in [7, 11) is 0. The van der Waals surface area contributed by atoms with Gasteiger partial charge >= 0.3 is 0 Å². The fraction of sp³-hybridized carbons (Fsp3) is 0.333. The van der Waals surface area contributed by atoms with Gasteiger partial charge in [-0.05, 0) is 48.1 Å². The molecule has 3 nitrogen and oxygen atoms in total. The van der Waals surface area contributed by atoms with E-state index in [1.165, 1.54) is 10.1 Å². The minimum absolute atomic E-state index is 0.178. The first-order chi connectivity index (χ1) is 12.2. The third-order valence-electron chi connectivity index (χ3n) is 5.61. The van der Waals surface area contributed by atoms with Crippen LogP contribution in [0.5, 0.6) is 0 Å². The van der Waals surface area contributed by atoms with Crippen molar-refractivity contribution in [3.05, 3.63) is 57.7 Å². The van der Waals surface area contributed by atoms with Gasteiger partial charge in [0.05, 0.1) is 0 Å². The summed E-state index contributed by atoms with van der Waals surface area (Å²) < 4.78 is 1.21. The van der Waals surface area contributed by atoms with E-state index in [1.54, 1.807) is 11.3 Å². The average Bonchev–Trinajstić information content (AvgIpc) is 3.04. The van der Waals surface area contributed by atoms with Gasteiger partial charge in [-0.3, -0.25) is 9.59 Å². The maximum Gasteiger partial charge on any atom is 0.161 e. The third kappa shape index (κ3) is 2.24. The van der Waals surface area contributed by atoms with Crippen molar-refractivity contribution in [2.45, 2.75) is 44.4 Å². The van der Waals surface area contributed by atoms with E-state index in [4.69, 9.17) is 0 Å². The number of benzene rings is 1. The van der Waals surface area contributed by atoms with Crippen LogP contribution in [0.2, 0.25) is 0 Å². The Balaban J connectivity index is 1.78. The van der Waals surface area contributed by atoms with Crippen LogP contribution in [-0.4, -0.2) is 11.6 Å². The van der Waals surface area contributed by atoms with Gasteiger partial charge in [0, 0.05) is 46.0 Å². The Kier molecular flexibility index (Phi) is 3.42. The minimum Gasteiger partial charge on any atom is -0.362 e. The lowest BCUT2D eigenvalue weighted by molar-refractivity contribution is -0.116. The molecule has 0 saturated heterocycles. The van der Waals surface area contributed by atoms with Crippen LogP contribution in [0.15, 0.2) is 52.2 Å². The highest BCUT2D eigenvalue weighted by Crippen LogP contribution is 2.47. The largest absolute Gasteiger partial charge is 0.362 e. The Morgan fingerprint density at radius 1 is 0.880 bits per heavy atom. The summed E-state index contributed by atoms with van der Waals surface area (Å²) >= 11 is 1.70. The van der Waals surface area contributed by atoms with Gasteiger partial charge in [-0.2, -0.15) is 0 Å². The molecule has 0 saturated carbocycles. The van der Waals surface area contributed by atoms with Crippen molar-refractivity contribution in [1.29, 1.82) is 0 Å². The maximum atomic E-state index is 12.8. The molecule has 3 aliphatic rings. The van der Waals surface area contributed by atoms with E-state index >= 15 is 0 Å². The molecule has 25 heavy (non-hydrogen) atoms. The minimum atomic E-state index is -0.178. The summed E-state index contributed by atoms with van der Waals surface area (Å²) in [4.78, 5) is 25.6. The molecule has 0 radical (unpaired) electrons. The van der Waals surface area contributed by atoms with Crippen molar-refractivity contribution in [3.8, 4) is 0 Å². The Morgan fingerprint density at radius 3 is 2.20 bits per heavy atom. The van der Waals surface area contributed by atoms with E-state index in [0.29, 0.717) is 12.8 Å². The van der Waals surface area contributed by atoms with Crippen LogP contribution in [0, 0.1) is 0 Å². The molecule has 0 unspecified atom stereocenters. The molecule has 2 aromatic rings. The third-order valence-corrected chi connectivity index (χ3v) is 6.60. The Bertz CT molecular complexity index is 937. The lowest BCUT2D eigenvalue weighted by atomic mass is 9.71. The zero-order valence-corrected chi connectivity index (χ0v) is 14.7. The molecular formula is C21H19NO2S. The van der Waals surface area contributed by atoms with E-state index in [2.05, 4.69) is 22.8 Å². The van der Waals surface area contributed by atoms with E-state index in [1.807, 2.05) is 12.1 Å². The normalized spacial score (nSPS) is 21.4. The van der Waals surface area contributed by atoms with Crippen LogP contribution in [0.1, 0.15) is 50.0 Å². The molecular weight excluding hydrogens is 330 g/mol. The highest BCUT2D eigenvalue weighted by Gasteiger charge is 2.40. The standard InChI is InChI=1S/C21H19NO2S/c23-16-8-3-6-14-20(16)19(21-15(22-14)7-4-9-17(21)24)13-11-25-18-10-2-1-5-12(13)18/h1-2,5,10-11,19,22H,3-4,6-9H2. The number of allylic oxidation sites excluding steroid dienone is 4. The Morgan fingerprint density at radius 2 is 1.52 bits per heavy atom. The van der Waals surface area contributed by atoms with Gasteiger partial charge < -0.3 is 5.32 Å². The van der Waals surface area contributed by atoms with E-state index in [0.717, 1.165) is 53.8 Å². The van der Waals surface area contributed by atoms with Gasteiger partial charge in [0.1, 0.15) is 0 Å². The summed E-state index contributed by atoms with van der Waals surface area (Å²) in [6.07, 6.45) is 4.80. The molecule has 1 aromatic heterocycles. The summed E-state index contributed by atoms with van der Waals surface area (Å²) in [5.74, 6) is 0.237. The fourth-order valence-electron chi connectivity index (χ4n) is 4.52. The van der Waals surface area contributed by atoms with Crippen LogP contribution in [0.3, 0.4) is 0 Å². The second-order valence-electron chi connectivity index (χ2n) is 7.08. The first kappa shape index (κ1) is 15.1. The predicted molar refractivity (Wildman–Crippen MR) is 99.5 cm³/mol. The van der Waals surface area contributed by atoms with E-state index in [-0.39, 0.29) is 17.5 Å². The topological polar surface area (TPSA) is 46.2 Å². The van der Waals surface area contributed by atoms with Gasteiger partial charge in [0.25, 0.3) is 0 Å². The maximum absolute atomic E-state index is 12.8. The molecule has 0 atom stereocenters. The number of carbonyl (C=O) groups excluding carboxylic acids is 2. The lowest BCUT2D eigenvalue weighted by Crippen LogP contribution is -2.36. The molecule has 1 N–H and O–H groups in total. The van der Waals surface area contributed by atoms with Crippen molar-refractivity contribution < 1.29 is 9.59 Å². The van der Waals surface area contributed by atoms with Crippen LogP contribution >= 0.6 is 11.3 Å². The average molecular weight is 349 g/mol. The van der Waals surface area contributed by atoms with Gasteiger partial charge in [-0.25, -0.2) is 0 Å². The van der Waals surface area contributed by atoms with Gasteiger partial charge in [-0.15, -0.1) is 11.3 Å². The molecule has 0 spiro atoms. The number of fused-ring (bicyclic) bond motifs is 1. The van der Waals surface area contributed by atoms with E-state index in [9.17, 15) is 9.59 Å². The molecule has 126 valence electrons. The molecule has 4 heteroatoms. The Labute approximate surface area is 150 Å². The predicted octanol–water partition coefficient (Wildman–Crippen LogP) is 4.60. The number of hydrogen-bond acceptors (Lipinski definition) is 4. The zero-order valence-electron chi connectivity index (χ0n) is 13.9. The van der Waals surface area contributed by atoms with Crippen molar-refractivity contribution in [2.75, 3.05) is 0 Å². The first-order valence-corrected chi connectivity index (χ1v) is 9.87. The number of ketones is 2. The highest BCUT2D eigenvalue weighted by molar-refractivity contribution is 7.17. The van der Waals surface area contributed by atoms with Gasteiger partial charge in [0.15, 0.2) is 11.6 Å². The number of Topliss-reactive ketones (excluding diaryl/α,β-unsaturated/α-hetero) is 2. The number of hydrogen-bond donors (Lipinski definition) is 1. The SMILES string of the molecule is O=C1CCCC2=C1C(c1csc3ccccc13)C1=C(CCCC1=O)N2.